The van der Waals surface area contributed by atoms with Crippen LogP contribution in [-0.4, -0.2) is 103 Å². The Morgan fingerprint density at radius 2 is 1.72 bits per heavy atom. The van der Waals surface area contributed by atoms with E-state index < -0.39 is 84.6 Å². The Kier molecular flexibility index (Phi) is 16.1. The van der Waals surface area contributed by atoms with Gasteiger partial charge in [-0.15, -0.1) is 0 Å². The lowest BCUT2D eigenvalue weighted by atomic mass is 9.87. The number of phosphoric ester groups is 3. The highest BCUT2D eigenvalue weighted by molar-refractivity contribution is 8.13. The molecule has 28 heteroatoms. The summed E-state index contributed by atoms with van der Waals surface area (Å²) in [4.78, 5) is 96.2. The van der Waals surface area contributed by atoms with Gasteiger partial charge in [-0.05, 0) is 5.56 Å². The molecule has 0 bridgehead atoms. The normalized spacial score (nSPS) is 21.4. The zero-order valence-electron chi connectivity index (χ0n) is 30.0. The number of imidazole rings is 1. The van der Waals surface area contributed by atoms with Gasteiger partial charge in [-0.3, -0.25) is 28.1 Å². The van der Waals surface area contributed by atoms with E-state index >= 15 is 0 Å². The number of fused-ring (bicyclic) bond motifs is 1. The van der Waals surface area contributed by atoms with Crippen LogP contribution in [0.2, 0.25) is 0 Å². The van der Waals surface area contributed by atoms with E-state index in [9.17, 15) is 57.9 Å². The molecule has 3 aromatic rings. The Morgan fingerprint density at radius 3 is 2.40 bits per heavy atom. The third-order valence-corrected chi connectivity index (χ3v) is 11.8. The van der Waals surface area contributed by atoms with Crippen molar-refractivity contribution in [1.29, 1.82) is 0 Å². The number of nitrogens with one attached hydrogen (secondary N) is 2. The molecule has 0 aliphatic carbocycles. The van der Waals surface area contributed by atoms with Crippen LogP contribution in [0.4, 0.5) is 5.82 Å². The number of aromatic nitrogens is 4. The maximum atomic E-state index is 12.5. The van der Waals surface area contributed by atoms with Gasteiger partial charge in [0.1, 0.15) is 36.3 Å². The number of phosphoric acid groups is 3. The fourth-order valence-corrected chi connectivity index (χ4v) is 8.52. The quantitative estimate of drug-likeness (QED) is 0.0540. The molecule has 0 spiro atoms. The van der Waals surface area contributed by atoms with Gasteiger partial charge in [0.15, 0.2) is 22.8 Å². The minimum atomic E-state index is -5.92. The predicted molar refractivity (Wildman–Crippen MR) is 188 cm³/mol. The van der Waals surface area contributed by atoms with Crippen molar-refractivity contribution < 1.29 is 80.5 Å². The van der Waals surface area contributed by atoms with Crippen molar-refractivity contribution in [3.8, 4) is 0 Å². The molecule has 1 aromatic carbocycles. The highest BCUT2D eigenvalue weighted by Crippen LogP contribution is 2.56. The Labute approximate surface area is 328 Å². The van der Waals surface area contributed by atoms with Crippen molar-refractivity contribution in [3.63, 3.8) is 0 Å². The zero-order chi connectivity index (χ0) is 42.2. The first-order valence-corrected chi connectivity index (χ1v) is 22.0. The molecule has 3 heterocycles. The third kappa shape index (κ3) is 13.9. The van der Waals surface area contributed by atoms with E-state index in [1.165, 1.54) is 13.8 Å². The fourth-order valence-electron chi connectivity index (χ4n) is 5.09. The van der Waals surface area contributed by atoms with Gasteiger partial charge in [-0.25, -0.2) is 19.3 Å². The monoisotopic (exact) mass is 881 g/mol. The van der Waals surface area contributed by atoms with Crippen LogP contribution in [0.5, 0.6) is 0 Å². The molecule has 57 heavy (non-hydrogen) atoms. The summed E-state index contributed by atoms with van der Waals surface area (Å²) in [6.45, 7) is 0.0749. The van der Waals surface area contributed by atoms with Gasteiger partial charge >= 0.3 is 0 Å². The van der Waals surface area contributed by atoms with Crippen molar-refractivity contribution in [1.82, 2.24) is 30.2 Å². The zero-order valence-corrected chi connectivity index (χ0v) is 33.5. The van der Waals surface area contributed by atoms with Crippen LogP contribution in [0, 0.1) is 5.41 Å². The first-order chi connectivity index (χ1) is 26.6. The van der Waals surface area contributed by atoms with Crippen LogP contribution in [0.3, 0.4) is 0 Å². The number of aliphatic hydroxyl groups is 2. The summed E-state index contributed by atoms with van der Waals surface area (Å²) in [6, 6.07) is 9.12. The Bertz CT molecular complexity index is 2020. The lowest BCUT2D eigenvalue weighted by Gasteiger charge is -2.36. The number of hydrogen-bond acceptors (Lipinski definition) is 22. The molecule has 1 fully saturated rings. The number of thioether (sulfide) groups is 1. The second-order valence-corrected chi connectivity index (χ2v) is 18.1. The summed E-state index contributed by atoms with van der Waals surface area (Å²) in [5.41, 5.74) is 4.93. The molecular weight excluding hydrogens is 843 g/mol. The topological polar surface area (TPSA) is 375 Å². The average Bonchev–Trinajstić information content (AvgIpc) is 3.68. The number of nitrogens with zero attached hydrogens (tertiary/aromatic N) is 4. The lowest BCUT2D eigenvalue weighted by molar-refractivity contribution is -0.347. The molecule has 316 valence electrons. The van der Waals surface area contributed by atoms with Gasteiger partial charge in [-0.2, -0.15) is 0 Å². The summed E-state index contributed by atoms with van der Waals surface area (Å²) in [5.74, 6) is -1.24. The number of nitrogens with two attached hydrogens (primary N) is 1. The summed E-state index contributed by atoms with van der Waals surface area (Å²) >= 11 is 1.05. The maximum absolute atomic E-state index is 12.5. The molecule has 2 unspecified atom stereocenters. The number of benzene rings is 1. The molecule has 4 rings (SSSR count). The minimum Gasteiger partial charge on any atom is -0.790 e. The molecular formula is C29H38N7O17P3S-4. The molecule has 0 radical (unpaired) electrons. The average molecular weight is 882 g/mol. The molecule has 1 aliphatic rings. The van der Waals surface area contributed by atoms with E-state index in [1.54, 1.807) is 0 Å². The van der Waals surface area contributed by atoms with E-state index in [4.69, 9.17) is 10.5 Å². The number of hydrogen-bond donors (Lipinski definition) is 5. The molecule has 7 atom stereocenters. The largest absolute Gasteiger partial charge is 0.790 e. The van der Waals surface area contributed by atoms with Crippen LogP contribution in [0.15, 0.2) is 43.0 Å². The van der Waals surface area contributed by atoms with E-state index in [-0.39, 0.29) is 48.0 Å². The number of carbonyl (C=O) groups excluding carboxylic acids is 3. The van der Waals surface area contributed by atoms with Crippen molar-refractivity contribution in [2.45, 2.75) is 57.3 Å². The third-order valence-electron chi connectivity index (χ3n) is 7.93. The van der Waals surface area contributed by atoms with Crippen LogP contribution in [-0.2, 0) is 57.1 Å². The first-order valence-electron chi connectivity index (χ1n) is 16.6. The second-order valence-electron chi connectivity index (χ2n) is 12.9. The number of anilines is 1. The number of rotatable bonds is 21. The summed E-state index contributed by atoms with van der Waals surface area (Å²) in [6.07, 6.45) is -7.36. The van der Waals surface area contributed by atoms with Crippen LogP contribution in [0.1, 0.15) is 32.1 Å². The Balaban J connectivity index is 1.22. The second kappa shape index (κ2) is 19.7. The van der Waals surface area contributed by atoms with E-state index in [1.807, 2.05) is 30.3 Å². The van der Waals surface area contributed by atoms with Crippen LogP contribution >= 0.6 is 35.2 Å². The number of carbonyl (C=O) groups is 3. The van der Waals surface area contributed by atoms with Gasteiger partial charge in [-0.1, -0.05) is 55.9 Å². The van der Waals surface area contributed by atoms with Crippen molar-refractivity contribution in [2.75, 3.05) is 37.8 Å². The fraction of sp³-hybridized carbons (Fsp3) is 0.517. The maximum Gasteiger partial charge on any atom is 0.274 e. The predicted octanol–water partition coefficient (Wildman–Crippen LogP) is -2.62. The summed E-state index contributed by atoms with van der Waals surface area (Å²) in [5, 5.41) is 26.2. The number of aliphatic hydroxyl groups excluding tert-OH is 2. The van der Waals surface area contributed by atoms with Crippen molar-refractivity contribution >= 4 is 69.1 Å². The first kappa shape index (κ1) is 46.5. The summed E-state index contributed by atoms with van der Waals surface area (Å²) < 4.78 is 60.5. The van der Waals surface area contributed by atoms with Crippen molar-refractivity contribution in [3.05, 3.63) is 48.5 Å². The van der Waals surface area contributed by atoms with Gasteiger partial charge in [0, 0.05) is 37.1 Å². The van der Waals surface area contributed by atoms with E-state index in [0.717, 1.165) is 34.5 Å². The molecule has 1 saturated heterocycles. The lowest BCUT2D eigenvalue weighted by Crippen LogP contribution is -2.46. The van der Waals surface area contributed by atoms with Gasteiger partial charge in [0.05, 0.1) is 27.4 Å². The minimum absolute atomic E-state index is 0.0222. The Morgan fingerprint density at radius 1 is 1.04 bits per heavy atom. The SMILES string of the molecule is CC(C)(COP(=O)([O-])OP(=O)([O-])OC[C@H]1O[C@@H](n2cnc3c(N)ncnc32)[C@H](O)[C@@H]1OP(=O)([O-])[O-])[C@@H](O)C(=O)NCCC(=O)NCCSC(=O)Cc1ccccc1. The number of ether oxygens (including phenoxy) is 1. The Hall–Kier alpha value is -3.22. The molecule has 1 aliphatic heterocycles. The van der Waals surface area contributed by atoms with E-state index in [2.05, 4.69) is 43.5 Å². The molecule has 2 amide bonds. The van der Waals surface area contributed by atoms with Crippen LogP contribution < -0.4 is 35.9 Å². The van der Waals surface area contributed by atoms with Gasteiger partial charge in [0.2, 0.25) is 11.8 Å². The van der Waals surface area contributed by atoms with E-state index in [0.29, 0.717) is 5.75 Å². The smallest absolute Gasteiger partial charge is 0.274 e. The van der Waals surface area contributed by atoms with Gasteiger partial charge in [0.25, 0.3) is 15.6 Å². The molecule has 0 saturated carbocycles. The van der Waals surface area contributed by atoms with Crippen LogP contribution in [0.25, 0.3) is 11.2 Å². The summed E-state index contributed by atoms with van der Waals surface area (Å²) in [7, 11) is -17.6. The highest BCUT2D eigenvalue weighted by Gasteiger charge is 2.47. The van der Waals surface area contributed by atoms with Crippen molar-refractivity contribution in [2.24, 2.45) is 5.41 Å². The molecule has 6 N–H and O–H groups in total. The number of amides is 2. The molecule has 2 aromatic heterocycles. The highest BCUT2D eigenvalue weighted by atomic mass is 32.2. The number of nitrogen functional groups attached to an aromatic ring is 1. The van der Waals surface area contributed by atoms with Gasteiger partial charge < -0.3 is 69.0 Å². The standard InChI is InChI=1S/C29H42N7O17P3S/c1-29(2,24(40)27(41)32-9-8-19(37)31-10-11-57-20(38)12-17-6-4-3-5-7-17)14-50-56(47,48)53-55(45,46)49-13-18-23(52-54(42,43)44)22(39)28(51-18)36-16-35-21-25(30)33-15-34-26(21)36/h3-7,15-16,18,22-24,28,39-40H,8-14H2,1-2H3,(H,31,37)(H,32,41)(H,45,46)(H,47,48)(H2,30,33,34)(H2,42,43,44)/p-4/t18-,22-,23-,24+,28-/m1/s1. The molecule has 24 nitrogen and oxygen atoms in total.